The highest BCUT2D eigenvalue weighted by Crippen LogP contribution is 2.00. The van der Waals surface area contributed by atoms with Crippen LogP contribution in [0.1, 0.15) is 19.0 Å². The van der Waals surface area contributed by atoms with Crippen LogP contribution in [0.3, 0.4) is 0 Å². The van der Waals surface area contributed by atoms with E-state index in [0.717, 1.165) is 5.69 Å². The molecule has 0 aliphatic rings. The van der Waals surface area contributed by atoms with Gasteiger partial charge in [0, 0.05) is 32.5 Å². The fourth-order valence-electron chi connectivity index (χ4n) is 1.36. The van der Waals surface area contributed by atoms with Gasteiger partial charge < -0.3 is 10.4 Å². The summed E-state index contributed by atoms with van der Waals surface area (Å²) >= 11 is 0. The number of aliphatic hydroxyl groups is 1. The van der Waals surface area contributed by atoms with Gasteiger partial charge in [-0.25, -0.2) is 0 Å². The van der Waals surface area contributed by atoms with E-state index in [1.54, 1.807) is 17.0 Å². The molecular weight excluding hydrogens is 218 g/mol. The largest absolute Gasteiger partial charge is 0.396 e. The van der Waals surface area contributed by atoms with Crippen LogP contribution in [0.15, 0.2) is 18.3 Å². The predicted octanol–water partition coefficient (Wildman–Crippen LogP) is 0.568. The van der Waals surface area contributed by atoms with Crippen molar-refractivity contribution >= 4 is 12.0 Å². The number of nitrogens with zero attached hydrogens (tertiary/aromatic N) is 2. The van der Waals surface area contributed by atoms with Gasteiger partial charge in [-0.3, -0.25) is 9.48 Å². The summed E-state index contributed by atoms with van der Waals surface area (Å²) in [6.07, 6.45) is 5.59. The van der Waals surface area contributed by atoms with E-state index in [9.17, 15) is 4.79 Å². The minimum Gasteiger partial charge on any atom is -0.396 e. The molecule has 17 heavy (non-hydrogen) atoms. The number of aryl methyl sites for hydroxylation is 1. The van der Waals surface area contributed by atoms with Crippen molar-refractivity contribution in [3.8, 4) is 0 Å². The summed E-state index contributed by atoms with van der Waals surface area (Å²) in [5.41, 5.74) is 0.878. The molecule has 94 valence electrons. The van der Waals surface area contributed by atoms with Crippen LogP contribution in [0, 0.1) is 5.92 Å². The van der Waals surface area contributed by atoms with Gasteiger partial charge in [-0.05, 0) is 24.5 Å². The molecule has 5 heteroatoms. The maximum absolute atomic E-state index is 11.5. The number of carbonyl (C=O) groups excluding carboxylic acids is 1. The summed E-state index contributed by atoms with van der Waals surface area (Å²) in [5, 5.41) is 15.5. The summed E-state index contributed by atoms with van der Waals surface area (Å²) in [7, 11) is 1.82. The maximum atomic E-state index is 11.5. The molecule has 0 bridgehead atoms. The predicted molar refractivity (Wildman–Crippen MR) is 66.1 cm³/mol. The number of aliphatic hydroxyl groups excluding tert-OH is 1. The van der Waals surface area contributed by atoms with Crippen LogP contribution in [0.4, 0.5) is 0 Å². The van der Waals surface area contributed by atoms with Gasteiger partial charge in [0.25, 0.3) is 0 Å². The van der Waals surface area contributed by atoms with Crippen molar-refractivity contribution in [1.29, 1.82) is 0 Å². The first kappa shape index (κ1) is 13.4. The minimum atomic E-state index is -0.129. The van der Waals surface area contributed by atoms with Crippen molar-refractivity contribution < 1.29 is 9.90 Å². The average molecular weight is 237 g/mol. The van der Waals surface area contributed by atoms with Gasteiger partial charge in [-0.15, -0.1) is 0 Å². The van der Waals surface area contributed by atoms with Crippen molar-refractivity contribution in [2.75, 3.05) is 13.2 Å². The number of amides is 1. The van der Waals surface area contributed by atoms with E-state index >= 15 is 0 Å². The third-order valence-corrected chi connectivity index (χ3v) is 2.51. The molecule has 1 atom stereocenters. The Morgan fingerprint density at radius 3 is 3.06 bits per heavy atom. The second kappa shape index (κ2) is 6.85. The third kappa shape index (κ3) is 4.82. The molecule has 1 aromatic heterocycles. The van der Waals surface area contributed by atoms with Gasteiger partial charge in [-0.2, -0.15) is 5.10 Å². The van der Waals surface area contributed by atoms with Crippen LogP contribution in [-0.2, 0) is 11.8 Å². The summed E-state index contributed by atoms with van der Waals surface area (Å²) in [4.78, 5) is 11.5. The lowest BCUT2D eigenvalue weighted by molar-refractivity contribution is -0.116. The second-order valence-corrected chi connectivity index (χ2v) is 4.08. The highest BCUT2D eigenvalue weighted by atomic mass is 16.3. The molecule has 1 heterocycles. The molecule has 0 fully saturated rings. The first-order valence-corrected chi connectivity index (χ1v) is 5.68. The quantitative estimate of drug-likeness (QED) is 0.711. The summed E-state index contributed by atoms with van der Waals surface area (Å²) in [6.45, 7) is 2.72. The topological polar surface area (TPSA) is 67.2 Å². The molecule has 1 amide bonds. The monoisotopic (exact) mass is 237 g/mol. The van der Waals surface area contributed by atoms with Gasteiger partial charge in [0.05, 0.1) is 5.69 Å². The smallest absolute Gasteiger partial charge is 0.244 e. The van der Waals surface area contributed by atoms with Gasteiger partial charge in [0.2, 0.25) is 5.91 Å². The first-order valence-electron chi connectivity index (χ1n) is 5.68. The zero-order valence-electron chi connectivity index (χ0n) is 10.3. The van der Waals surface area contributed by atoms with E-state index in [4.69, 9.17) is 5.11 Å². The number of hydrogen-bond acceptors (Lipinski definition) is 3. The van der Waals surface area contributed by atoms with Crippen LogP contribution < -0.4 is 5.32 Å². The number of hydrogen-bond donors (Lipinski definition) is 2. The molecule has 0 aliphatic carbocycles. The Labute approximate surface area is 101 Å². The lowest BCUT2D eigenvalue weighted by atomic mass is 10.1. The number of rotatable bonds is 6. The number of aromatic nitrogens is 2. The zero-order valence-corrected chi connectivity index (χ0v) is 10.3. The highest BCUT2D eigenvalue weighted by Gasteiger charge is 2.02. The van der Waals surface area contributed by atoms with Crippen molar-refractivity contribution in [1.82, 2.24) is 15.1 Å². The molecule has 2 N–H and O–H groups in total. The molecule has 0 saturated carbocycles. The lowest BCUT2D eigenvalue weighted by Gasteiger charge is -2.09. The van der Waals surface area contributed by atoms with E-state index in [-0.39, 0.29) is 18.4 Å². The highest BCUT2D eigenvalue weighted by molar-refractivity contribution is 5.91. The molecule has 0 aromatic carbocycles. The van der Waals surface area contributed by atoms with Crippen LogP contribution in [0.5, 0.6) is 0 Å². The lowest BCUT2D eigenvalue weighted by Crippen LogP contribution is -2.26. The van der Waals surface area contributed by atoms with Crippen molar-refractivity contribution in [3.05, 3.63) is 24.0 Å². The fraction of sp³-hybridized carbons (Fsp3) is 0.500. The maximum Gasteiger partial charge on any atom is 0.244 e. The summed E-state index contributed by atoms with van der Waals surface area (Å²) < 4.78 is 1.69. The Kier molecular flexibility index (Phi) is 5.42. The molecule has 0 spiro atoms. The molecule has 1 unspecified atom stereocenters. The fourth-order valence-corrected chi connectivity index (χ4v) is 1.36. The number of nitrogens with one attached hydrogen (secondary N) is 1. The average Bonchev–Trinajstić information content (AvgIpc) is 2.70. The van der Waals surface area contributed by atoms with Crippen molar-refractivity contribution in [3.63, 3.8) is 0 Å². The Morgan fingerprint density at radius 1 is 1.71 bits per heavy atom. The third-order valence-electron chi connectivity index (χ3n) is 2.51. The van der Waals surface area contributed by atoms with E-state index in [1.165, 1.54) is 6.08 Å². The van der Waals surface area contributed by atoms with E-state index < -0.39 is 0 Å². The number of carbonyl (C=O) groups is 1. The van der Waals surface area contributed by atoms with E-state index in [0.29, 0.717) is 13.0 Å². The summed E-state index contributed by atoms with van der Waals surface area (Å²) in [5.74, 6) is 0.157. The molecular formula is C12H19N3O2. The Bertz CT molecular complexity index is 385. The standard InChI is InChI=1S/C12H19N3O2/c1-10(6-8-16)9-13-12(17)4-3-11-5-7-14-15(11)2/h3-5,7,10,16H,6,8-9H2,1-2H3,(H,13,17). The molecule has 0 aliphatic heterocycles. The Morgan fingerprint density at radius 2 is 2.47 bits per heavy atom. The van der Waals surface area contributed by atoms with Gasteiger partial charge in [0.15, 0.2) is 0 Å². The normalized spacial score (nSPS) is 12.9. The van der Waals surface area contributed by atoms with Crippen molar-refractivity contribution in [2.24, 2.45) is 13.0 Å². The van der Waals surface area contributed by atoms with Crippen molar-refractivity contribution in [2.45, 2.75) is 13.3 Å². The van der Waals surface area contributed by atoms with Gasteiger partial charge in [0.1, 0.15) is 0 Å². The van der Waals surface area contributed by atoms with Crippen LogP contribution >= 0.6 is 0 Å². The van der Waals surface area contributed by atoms with E-state index in [1.807, 2.05) is 20.0 Å². The van der Waals surface area contributed by atoms with Gasteiger partial charge in [-0.1, -0.05) is 6.92 Å². The van der Waals surface area contributed by atoms with Crippen LogP contribution in [0.2, 0.25) is 0 Å². The van der Waals surface area contributed by atoms with E-state index in [2.05, 4.69) is 10.4 Å². The van der Waals surface area contributed by atoms with Crippen LogP contribution in [-0.4, -0.2) is 33.9 Å². The summed E-state index contributed by atoms with van der Waals surface area (Å²) in [6, 6.07) is 1.83. The molecule has 0 radical (unpaired) electrons. The minimum absolute atomic E-state index is 0.129. The molecule has 5 nitrogen and oxygen atoms in total. The second-order valence-electron chi connectivity index (χ2n) is 4.08. The SMILES string of the molecule is CC(CCO)CNC(=O)C=Cc1ccnn1C. The molecule has 1 aromatic rings. The molecule has 0 saturated heterocycles. The Hall–Kier alpha value is -1.62. The molecule has 1 rings (SSSR count). The Balaban J connectivity index is 2.35. The zero-order chi connectivity index (χ0) is 12.7. The van der Waals surface area contributed by atoms with Gasteiger partial charge >= 0.3 is 0 Å². The first-order chi connectivity index (χ1) is 8.13. The van der Waals surface area contributed by atoms with Crippen LogP contribution in [0.25, 0.3) is 6.08 Å².